The van der Waals surface area contributed by atoms with Gasteiger partial charge in [0.15, 0.2) is 0 Å². The molecule has 0 spiro atoms. The third-order valence-electron chi connectivity index (χ3n) is 7.34. The van der Waals surface area contributed by atoms with Crippen molar-refractivity contribution in [3.05, 3.63) is 40.6 Å². The molecule has 1 heterocycles. The van der Waals surface area contributed by atoms with Gasteiger partial charge < -0.3 is 20.9 Å². The maximum Gasteiger partial charge on any atom is 0.319 e. The van der Waals surface area contributed by atoms with Crippen molar-refractivity contribution in [3.63, 3.8) is 0 Å². The SMILES string of the molecule is CCCCc1ccc(NC(=O)NC2CCC(Nc3nc4c(c(N(C)C)n3)CCCC4)CC2)c(C)c1. The van der Waals surface area contributed by atoms with Crippen molar-refractivity contribution in [2.24, 2.45) is 0 Å². The first-order valence-corrected chi connectivity index (χ1v) is 13.4. The van der Waals surface area contributed by atoms with Crippen molar-refractivity contribution >= 4 is 23.5 Å². The standard InChI is InChI=1S/C28H42N6O/c1-5-6-9-20-12-17-24(19(2)18-20)32-28(35)30-22-15-13-21(14-16-22)29-27-31-25-11-8-7-10-23(25)26(33-27)34(3)4/h12,17-18,21-22H,5-11,13-16H2,1-4H3,(H,29,31,33)(H2,30,32,35). The molecule has 3 N–H and O–H groups in total. The van der Waals surface area contributed by atoms with Gasteiger partial charge in [0, 0.05) is 37.4 Å². The summed E-state index contributed by atoms with van der Waals surface area (Å²) in [5.74, 6) is 1.80. The van der Waals surface area contributed by atoms with Gasteiger partial charge in [0.2, 0.25) is 5.95 Å². The minimum Gasteiger partial charge on any atom is -0.362 e. The Labute approximate surface area is 210 Å². The van der Waals surface area contributed by atoms with E-state index < -0.39 is 0 Å². The summed E-state index contributed by atoms with van der Waals surface area (Å²) in [6.07, 6.45) is 11.9. The van der Waals surface area contributed by atoms with Crippen LogP contribution in [0.2, 0.25) is 0 Å². The topological polar surface area (TPSA) is 82.2 Å². The Hall–Kier alpha value is -2.83. The third-order valence-corrected chi connectivity index (χ3v) is 7.34. The van der Waals surface area contributed by atoms with Crippen LogP contribution in [-0.2, 0) is 19.3 Å². The summed E-state index contributed by atoms with van der Waals surface area (Å²) in [7, 11) is 4.12. The average molecular weight is 479 g/mol. The Balaban J connectivity index is 1.27. The van der Waals surface area contributed by atoms with Crippen LogP contribution >= 0.6 is 0 Å². The average Bonchev–Trinajstić information content (AvgIpc) is 2.85. The fourth-order valence-corrected chi connectivity index (χ4v) is 5.32. The molecule has 1 saturated carbocycles. The minimum atomic E-state index is -0.112. The number of aromatic nitrogens is 2. The zero-order valence-electron chi connectivity index (χ0n) is 21.9. The molecule has 0 radical (unpaired) electrons. The minimum absolute atomic E-state index is 0.112. The van der Waals surface area contributed by atoms with Crippen LogP contribution in [0.4, 0.5) is 22.2 Å². The number of rotatable bonds is 8. The van der Waals surface area contributed by atoms with Crippen molar-refractivity contribution in [3.8, 4) is 0 Å². The van der Waals surface area contributed by atoms with Gasteiger partial charge in [-0.1, -0.05) is 25.5 Å². The lowest BCUT2D eigenvalue weighted by molar-refractivity contribution is 0.243. The lowest BCUT2D eigenvalue weighted by Crippen LogP contribution is -2.42. The van der Waals surface area contributed by atoms with E-state index in [4.69, 9.17) is 9.97 Å². The third kappa shape index (κ3) is 6.65. The quantitative estimate of drug-likeness (QED) is 0.459. The number of aryl methyl sites for hydroxylation is 3. The number of unbranched alkanes of at least 4 members (excludes halogenated alkanes) is 1. The lowest BCUT2D eigenvalue weighted by atomic mass is 9.91. The van der Waals surface area contributed by atoms with Gasteiger partial charge in [-0.15, -0.1) is 0 Å². The zero-order chi connectivity index (χ0) is 24.8. The highest BCUT2D eigenvalue weighted by atomic mass is 16.2. The van der Waals surface area contributed by atoms with Gasteiger partial charge in [0.05, 0.1) is 5.69 Å². The first-order valence-electron chi connectivity index (χ1n) is 13.4. The highest BCUT2D eigenvalue weighted by molar-refractivity contribution is 5.90. The molecule has 2 aromatic rings. The van der Waals surface area contributed by atoms with E-state index in [0.717, 1.165) is 68.0 Å². The Bertz CT molecular complexity index is 1010. The normalized spacial score (nSPS) is 19.5. The van der Waals surface area contributed by atoms with Crippen molar-refractivity contribution in [1.29, 1.82) is 0 Å². The van der Waals surface area contributed by atoms with Crippen LogP contribution in [-0.4, -0.2) is 42.2 Å². The Morgan fingerprint density at radius 3 is 2.51 bits per heavy atom. The van der Waals surface area contributed by atoms with Crippen LogP contribution in [0.3, 0.4) is 0 Å². The Morgan fingerprint density at radius 1 is 1.06 bits per heavy atom. The molecule has 190 valence electrons. The number of fused-ring (bicyclic) bond motifs is 1. The number of benzene rings is 1. The van der Waals surface area contributed by atoms with Gasteiger partial charge >= 0.3 is 6.03 Å². The van der Waals surface area contributed by atoms with E-state index in [0.29, 0.717) is 6.04 Å². The van der Waals surface area contributed by atoms with E-state index in [2.05, 4.69) is 60.9 Å². The molecule has 7 nitrogen and oxygen atoms in total. The maximum atomic E-state index is 12.6. The van der Waals surface area contributed by atoms with Crippen LogP contribution in [0.5, 0.6) is 0 Å². The first kappa shape index (κ1) is 25.3. The van der Waals surface area contributed by atoms with Gasteiger partial charge in [-0.25, -0.2) is 9.78 Å². The molecule has 2 amide bonds. The van der Waals surface area contributed by atoms with Gasteiger partial charge in [-0.2, -0.15) is 4.98 Å². The number of carbonyl (C=O) groups excluding carboxylic acids is 1. The highest BCUT2D eigenvalue weighted by Crippen LogP contribution is 2.29. The molecule has 35 heavy (non-hydrogen) atoms. The number of anilines is 3. The van der Waals surface area contributed by atoms with Crippen LogP contribution in [0, 0.1) is 6.92 Å². The summed E-state index contributed by atoms with van der Waals surface area (Å²) >= 11 is 0. The predicted molar refractivity (Wildman–Crippen MR) is 145 cm³/mol. The summed E-state index contributed by atoms with van der Waals surface area (Å²) in [5.41, 5.74) is 5.86. The van der Waals surface area contributed by atoms with Gasteiger partial charge in [0.1, 0.15) is 5.82 Å². The summed E-state index contributed by atoms with van der Waals surface area (Å²) in [6.45, 7) is 4.27. The van der Waals surface area contributed by atoms with Gasteiger partial charge in [0.25, 0.3) is 0 Å². The van der Waals surface area contributed by atoms with E-state index in [9.17, 15) is 4.79 Å². The smallest absolute Gasteiger partial charge is 0.319 e. The molecule has 7 heteroatoms. The second-order valence-electron chi connectivity index (χ2n) is 10.4. The molecule has 0 unspecified atom stereocenters. The maximum absolute atomic E-state index is 12.6. The molecular weight excluding hydrogens is 436 g/mol. The number of nitrogens with one attached hydrogen (secondary N) is 3. The second-order valence-corrected chi connectivity index (χ2v) is 10.4. The zero-order valence-corrected chi connectivity index (χ0v) is 21.9. The van der Waals surface area contributed by atoms with Gasteiger partial charge in [-0.3, -0.25) is 0 Å². The molecule has 2 aliphatic rings. The van der Waals surface area contributed by atoms with E-state index in [1.807, 2.05) is 6.07 Å². The number of urea groups is 1. The number of carbonyl (C=O) groups is 1. The van der Waals surface area contributed by atoms with Crippen molar-refractivity contribution in [2.75, 3.05) is 29.6 Å². The fourth-order valence-electron chi connectivity index (χ4n) is 5.32. The number of hydrogen-bond donors (Lipinski definition) is 3. The summed E-state index contributed by atoms with van der Waals surface area (Å²) in [5, 5.41) is 9.81. The van der Waals surface area contributed by atoms with E-state index in [1.165, 1.54) is 42.5 Å². The van der Waals surface area contributed by atoms with E-state index in [-0.39, 0.29) is 12.1 Å². The Morgan fingerprint density at radius 2 is 1.80 bits per heavy atom. The molecule has 1 aromatic heterocycles. The summed E-state index contributed by atoms with van der Waals surface area (Å²) in [4.78, 5) is 24.5. The molecule has 0 atom stereocenters. The Kier molecular flexibility index (Phi) is 8.47. The van der Waals surface area contributed by atoms with E-state index >= 15 is 0 Å². The molecule has 4 rings (SSSR count). The fraction of sp³-hybridized carbons (Fsp3) is 0.607. The summed E-state index contributed by atoms with van der Waals surface area (Å²) < 4.78 is 0. The molecule has 0 bridgehead atoms. The number of nitrogens with zero attached hydrogens (tertiary/aromatic N) is 3. The van der Waals surface area contributed by atoms with Gasteiger partial charge in [-0.05, 0) is 88.3 Å². The largest absolute Gasteiger partial charge is 0.362 e. The molecule has 2 aliphatic carbocycles. The van der Waals surface area contributed by atoms with Crippen molar-refractivity contribution < 1.29 is 4.79 Å². The first-order chi connectivity index (χ1) is 16.9. The molecule has 0 aliphatic heterocycles. The lowest BCUT2D eigenvalue weighted by Gasteiger charge is -2.30. The number of hydrogen-bond acceptors (Lipinski definition) is 5. The van der Waals surface area contributed by atoms with Crippen LogP contribution in [0.25, 0.3) is 0 Å². The predicted octanol–water partition coefficient (Wildman–Crippen LogP) is 5.62. The van der Waals surface area contributed by atoms with Crippen LogP contribution < -0.4 is 20.9 Å². The van der Waals surface area contributed by atoms with E-state index in [1.54, 1.807) is 0 Å². The van der Waals surface area contributed by atoms with Crippen LogP contribution in [0.1, 0.15) is 80.7 Å². The molecule has 1 aromatic carbocycles. The van der Waals surface area contributed by atoms with Crippen molar-refractivity contribution in [2.45, 2.75) is 96.6 Å². The summed E-state index contributed by atoms with van der Waals surface area (Å²) in [6, 6.07) is 6.76. The van der Waals surface area contributed by atoms with Crippen LogP contribution in [0.15, 0.2) is 18.2 Å². The number of amides is 2. The van der Waals surface area contributed by atoms with Crippen molar-refractivity contribution in [1.82, 2.24) is 15.3 Å². The monoisotopic (exact) mass is 478 g/mol. The second kappa shape index (κ2) is 11.7. The highest BCUT2D eigenvalue weighted by Gasteiger charge is 2.25. The molecule has 1 fully saturated rings. The molecule has 0 saturated heterocycles. The molecular formula is C28H42N6O.